The zero-order valence-electron chi connectivity index (χ0n) is 17.7. The summed E-state index contributed by atoms with van der Waals surface area (Å²) >= 11 is 2.88. The number of thioether (sulfide) groups is 1. The van der Waals surface area contributed by atoms with Crippen LogP contribution in [0.15, 0.2) is 29.1 Å². The van der Waals surface area contributed by atoms with Gasteiger partial charge in [-0.25, -0.2) is 9.97 Å². The zero-order valence-corrected chi connectivity index (χ0v) is 19.4. The highest BCUT2D eigenvalue weighted by molar-refractivity contribution is 7.99. The first kappa shape index (κ1) is 22.0. The fourth-order valence-corrected chi connectivity index (χ4v) is 6.26. The van der Waals surface area contributed by atoms with Gasteiger partial charge in [0.2, 0.25) is 5.91 Å². The van der Waals surface area contributed by atoms with Gasteiger partial charge in [-0.2, -0.15) is 8.78 Å². The number of alkyl halides is 2. The molecule has 1 unspecified atom stereocenters. The predicted octanol–water partition coefficient (Wildman–Crippen LogP) is 4.33. The largest absolute Gasteiger partial charge is 0.346 e. The highest BCUT2D eigenvalue weighted by Gasteiger charge is 2.23. The number of rotatable bonds is 7. The molecule has 33 heavy (non-hydrogen) atoms. The molecule has 4 aromatic rings. The van der Waals surface area contributed by atoms with Gasteiger partial charge in [0.1, 0.15) is 16.5 Å². The van der Waals surface area contributed by atoms with Crippen molar-refractivity contribution < 1.29 is 13.6 Å². The Morgan fingerprint density at radius 2 is 2.12 bits per heavy atom. The number of aryl methyl sites for hydroxylation is 2. The highest BCUT2D eigenvalue weighted by atomic mass is 32.2. The van der Waals surface area contributed by atoms with Gasteiger partial charge in [-0.1, -0.05) is 12.1 Å². The van der Waals surface area contributed by atoms with Gasteiger partial charge >= 0.3 is 6.55 Å². The maximum Gasteiger partial charge on any atom is 0.320 e. The van der Waals surface area contributed by atoms with Crippen molar-refractivity contribution in [2.45, 2.75) is 44.5 Å². The van der Waals surface area contributed by atoms with Gasteiger partial charge in [-0.05, 0) is 43.9 Å². The standard InChI is InChI=1S/C22H21F2N5O2S2/c1-11(19-26-13-6-2-3-7-14(13)29(19)22(23)24)25-17(30)10-32-9-16-27-20(31)18-12-5-4-8-15(12)33-21(18)28-16/h2-3,6-7,11,22H,4-5,8-10H2,1H3,(H,25,30)(H,27,28,31). The summed E-state index contributed by atoms with van der Waals surface area (Å²) in [5, 5.41) is 3.44. The second-order valence-corrected chi connectivity index (χ2v) is 10.0. The van der Waals surface area contributed by atoms with Gasteiger partial charge in [0, 0.05) is 4.88 Å². The Labute approximate surface area is 195 Å². The van der Waals surface area contributed by atoms with Crippen LogP contribution in [0.3, 0.4) is 0 Å². The maximum atomic E-state index is 13.6. The number of fused-ring (bicyclic) bond motifs is 4. The molecule has 2 N–H and O–H groups in total. The Balaban J connectivity index is 1.23. The highest BCUT2D eigenvalue weighted by Crippen LogP contribution is 2.34. The summed E-state index contributed by atoms with van der Waals surface area (Å²) in [5.74, 6) is 0.788. The molecule has 5 rings (SSSR count). The number of nitrogens with zero attached hydrogens (tertiary/aromatic N) is 3. The molecule has 172 valence electrons. The average molecular weight is 490 g/mol. The SMILES string of the molecule is CC(NC(=O)CSCc1nc2sc3c(c2c(=O)[nH]1)CCC3)c1nc2ccccc2n1C(F)F. The van der Waals surface area contributed by atoms with Gasteiger partial charge in [-0.3, -0.25) is 14.2 Å². The third-order valence-corrected chi connectivity index (χ3v) is 7.81. The summed E-state index contributed by atoms with van der Waals surface area (Å²) in [4.78, 5) is 38.7. The number of aromatic nitrogens is 4. The van der Waals surface area contributed by atoms with Crippen molar-refractivity contribution in [3.05, 3.63) is 56.7 Å². The molecule has 0 saturated heterocycles. The zero-order chi connectivity index (χ0) is 23.1. The molecule has 0 aliphatic heterocycles. The third kappa shape index (κ3) is 4.15. The number of carbonyl (C=O) groups excluding carboxylic acids is 1. The van der Waals surface area contributed by atoms with Gasteiger partial charge in [0.05, 0.1) is 34.0 Å². The molecule has 0 saturated carbocycles. The van der Waals surface area contributed by atoms with Crippen molar-refractivity contribution in [3.8, 4) is 0 Å². The molecule has 7 nitrogen and oxygen atoms in total. The molecule has 1 aliphatic carbocycles. The van der Waals surface area contributed by atoms with Crippen molar-refractivity contribution in [3.63, 3.8) is 0 Å². The van der Waals surface area contributed by atoms with Crippen molar-refractivity contribution in [2.75, 3.05) is 5.75 Å². The van der Waals surface area contributed by atoms with Gasteiger partial charge in [-0.15, -0.1) is 23.1 Å². The summed E-state index contributed by atoms with van der Waals surface area (Å²) in [6.45, 7) is -1.14. The maximum absolute atomic E-state index is 13.6. The Bertz CT molecular complexity index is 1410. The predicted molar refractivity (Wildman–Crippen MR) is 126 cm³/mol. The van der Waals surface area contributed by atoms with Crippen molar-refractivity contribution in [2.24, 2.45) is 0 Å². The summed E-state index contributed by atoms with van der Waals surface area (Å²) in [6.07, 6.45) is 3.00. The van der Waals surface area contributed by atoms with E-state index in [2.05, 4.69) is 20.3 Å². The van der Waals surface area contributed by atoms with Crippen molar-refractivity contribution in [1.82, 2.24) is 24.8 Å². The molecule has 3 heterocycles. The smallest absolute Gasteiger partial charge is 0.320 e. The Morgan fingerprint density at radius 3 is 2.94 bits per heavy atom. The molecular weight excluding hydrogens is 468 g/mol. The number of aromatic amines is 1. The van der Waals surface area contributed by atoms with Crippen LogP contribution in [-0.4, -0.2) is 31.2 Å². The Hall–Kier alpha value is -2.79. The average Bonchev–Trinajstić information content (AvgIpc) is 3.45. The van der Waals surface area contributed by atoms with E-state index in [0.29, 0.717) is 28.0 Å². The number of halogens is 2. The van der Waals surface area contributed by atoms with Gasteiger partial charge in [0.15, 0.2) is 0 Å². The van der Waals surface area contributed by atoms with Crippen LogP contribution in [0.1, 0.15) is 48.0 Å². The van der Waals surface area contributed by atoms with Crippen LogP contribution in [-0.2, 0) is 23.4 Å². The summed E-state index contributed by atoms with van der Waals surface area (Å²) < 4.78 is 28.1. The third-order valence-electron chi connectivity index (χ3n) is 5.68. The van der Waals surface area contributed by atoms with Gasteiger partial charge < -0.3 is 10.3 Å². The minimum absolute atomic E-state index is 0.0991. The minimum atomic E-state index is -2.77. The Morgan fingerprint density at radius 1 is 1.30 bits per heavy atom. The van der Waals surface area contributed by atoms with Crippen LogP contribution in [0, 0.1) is 0 Å². The van der Waals surface area contributed by atoms with Crippen LogP contribution >= 0.6 is 23.1 Å². The monoisotopic (exact) mass is 489 g/mol. The number of para-hydroxylation sites is 2. The van der Waals surface area contributed by atoms with Crippen molar-refractivity contribution >= 4 is 50.3 Å². The molecule has 1 atom stereocenters. The molecule has 0 spiro atoms. The number of hydrogen-bond donors (Lipinski definition) is 2. The lowest BCUT2D eigenvalue weighted by atomic mass is 10.2. The van der Waals surface area contributed by atoms with E-state index in [-0.39, 0.29) is 23.0 Å². The number of nitrogens with one attached hydrogen (secondary N) is 2. The summed E-state index contributed by atoms with van der Waals surface area (Å²) in [7, 11) is 0. The molecular formula is C22H21F2N5O2S2. The van der Waals surface area contributed by atoms with E-state index in [9.17, 15) is 18.4 Å². The number of thiophene rings is 1. The number of amides is 1. The lowest BCUT2D eigenvalue weighted by Gasteiger charge is -2.15. The normalized spacial score (nSPS) is 14.3. The number of benzene rings is 1. The topological polar surface area (TPSA) is 92.7 Å². The van der Waals surface area contributed by atoms with E-state index in [0.717, 1.165) is 34.2 Å². The van der Waals surface area contributed by atoms with E-state index >= 15 is 0 Å². The van der Waals surface area contributed by atoms with Crippen LogP contribution in [0.2, 0.25) is 0 Å². The van der Waals surface area contributed by atoms with Crippen LogP contribution in [0.5, 0.6) is 0 Å². The molecule has 0 radical (unpaired) electrons. The van der Waals surface area contributed by atoms with E-state index in [1.165, 1.54) is 16.6 Å². The molecule has 1 aliphatic rings. The second-order valence-electron chi connectivity index (χ2n) is 7.94. The quantitative estimate of drug-likeness (QED) is 0.403. The first-order chi connectivity index (χ1) is 15.9. The lowest BCUT2D eigenvalue weighted by Crippen LogP contribution is -2.30. The molecule has 0 bridgehead atoms. The van der Waals surface area contributed by atoms with Gasteiger partial charge in [0.25, 0.3) is 5.56 Å². The van der Waals surface area contributed by atoms with E-state index in [4.69, 9.17) is 0 Å². The molecule has 1 aromatic carbocycles. The van der Waals surface area contributed by atoms with Crippen LogP contribution < -0.4 is 10.9 Å². The number of hydrogen-bond acceptors (Lipinski definition) is 6. The minimum Gasteiger partial charge on any atom is -0.346 e. The number of imidazole rings is 1. The van der Waals surface area contributed by atoms with E-state index in [1.807, 2.05) is 0 Å². The fourth-order valence-electron chi connectivity index (χ4n) is 4.28. The second kappa shape index (κ2) is 8.86. The molecule has 0 fully saturated rings. The molecule has 11 heteroatoms. The summed E-state index contributed by atoms with van der Waals surface area (Å²) in [6, 6.07) is 5.95. The first-order valence-corrected chi connectivity index (χ1v) is 12.5. The number of carbonyl (C=O) groups is 1. The van der Waals surface area contributed by atoms with E-state index < -0.39 is 12.6 Å². The lowest BCUT2D eigenvalue weighted by molar-refractivity contribution is -0.119. The molecule has 3 aromatic heterocycles. The first-order valence-electron chi connectivity index (χ1n) is 10.6. The van der Waals surface area contributed by atoms with Crippen molar-refractivity contribution in [1.29, 1.82) is 0 Å². The number of H-pyrrole nitrogens is 1. The van der Waals surface area contributed by atoms with Crippen LogP contribution in [0.25, 0.3) is 21.3 Å². The fraction of sp³-hybridized carbons (Fsp3) is 0.364. The Kier molecular flexibility index (Phi) is 5.92. The summed E-state index contributed by atoms with van der Waals surface area (Å²) in [5.41, 5.74) is 1.78. The van der Waals surface area contributed by atoms with E-state index in [1.54, 1.807) is 42.5 Å². The molecule has 1 amide bonds. The van der Waals surface area contributed by atoms with Crippen LogP contribution in [0.4, 0.5) is 8.78 Å².